The summed E-state index contributed by atoms with van der Waals surface area (Å²) in [6, 6.07) is 85.5. The molecule has 2 aromatic heterocycles. The normalized spacial score (nSPS) is 11.5. The van der Waals surface area contributed by atoms with Gasteiger partial charge in [0.1, 0.15) is 11.2 Å². The molecular weight excluding hydrogens is 751 g/mol. The maximum absolute atomic E-state index is 6.57. The van der Waals surface area contributed by atoms with Gasteiger partial charge in [0.25, 0.3) is 0 Å². The first-order valence-corrected chi connectivity index (χ1v) is 21.3. The molecule has 2 heteroatoms. The molecule has 0 aliphatic carbocycles. The van der Waals surface area contributed by atoms with Crippen LogP contribution in [0.1, 0.15) is 0 Å². The van der Waals surface area contributed by atoms with Crippen LogP contribution in [0.5, 0.6) is 0 Å². The Bertz CT molecular complexity index is 3590. The zero-order valence-corrected chi connectivity index (χ0v) is 33.9. The Labute approximate surface area is 360 Å². The second kappa shape index (κ2) is 14.8. The van der Waals surface area contributed by atoms with Gasteiger partial charge in [0.2, 0.25) is 0 Å². The van der Waals surface area contributed by atoms with Crippen molar-refractivity contribution < 1.29 is 4.42 Å². The second-order valence-electron chi connectivity index (χ2n) is 15.9. The predicted octanol–water partition coefficient (Wildman–Crippen LogP) is 16.7. The summed E-state index contributed by atoms with van der Waals surface area (Å²) in [5.74, 6) is 0. The number of para-hydroxylation sites is 4. The fourth-order valence-corrected chi connectivity index (χ4v) is 9.78. The number of benzene rings is 10. The van der Waals surface area contributed by atoms with Crippen molar-refractivity contribution >= 4 is 43.7 Å². The Morgan fingerprint density at radius 2 is 0.726 bits per heavy atom. The lowest BCUT2D eigenvalue weighted by molar-refractivity contribution is 0.670. The molecule has 0 amide bonds. The van der Waals surface area contributed by atoms with E-state index in [0.717, 1.165) is 61.0 Å². The van der Waals surface area contributed by atoms with Gasteiger partial charge in [-0.15, -0.1) is 0 Å². The van der Waals surface area contributed by atoms with Crippen LogP contribution in [0.3, 0.4) is 0 Å². The average Bonchev–Trinajstić information content (AvgIpc) is 3.91. The third-order valence-electron chi connectivity index (χ3n) is 12.4. The van der Waals surface area contributed by atoms with Crippen molar-refractivity contribution in [2.75, 3.05) is 0 Å². The van der Waals surface area contributed by atoms with Crippen LogP contribution < -0.4 is 0 Å². The van der Waals surface area contributed by atoms with Gasteiger partial charge in [0.15, 0.2) is 0 Å². The van der Waals surface area contributed by atoms with E-state index in [0.29, 0.717) is 0 Å². The lowest BCUT2D eigenvalue weighted by Crippen LogP contribution is -2.01. The zero-order valence-electron chi connectivity index (χ0n) is 33.9. The third kappa shape index (κ3) is 5.73. The predicted molar refractivity (Wildman–Crippen MR) is 261 cm³/mol. The van der Waals surface area contributed by atoms with Crippen LogP contribution in [-0.4, -0.2) is 4.57 Å². The highest BCUT2D eigenvalue weighted by atomic mass is 16.3. The lowest BCUT2D eigenvalue weighted by Gasteiger charge is -2.24. The summed E-state index contributed by atoms with van der Waals surface area (Å²) in [4.78, 5) is 0. The number of nitrogens with zero attached hydrogens (tertiary/aromatic N) is 1. The molecule has 0 saturated heterocycles. The molecule has 0 aliphatic heterocycles. The van der Waals surface area contributed by atoms with Gasteiger partial charge in [0, 0.05) is 55.0 Å². The van der Waals surface area contributed by atoms with E-state index in [4.69, 9.17) is 4.42 Å². The first-order chi connectivity index (χ1) is 30.8. The first kappa shape index (κ1) is 35.7. The van der Waals surface area contributed by atoms with Gasteiger partial charge in [-0.1, -0.05) is 212 Å². The van der Waals surface area contributed by atoms with Gasteiger partial charge < -0.3 is 8.98 Å². The highest BCUT2D eigenvalue weighted by Gasteiger charge is 2.30. The Kier molecular flexibility index (Phi) is 8.53. The minimum Gasteiger partial charge on any atom is -0.455 e. The summed E-state index contributed by atoms with van der Waals surface area (Å²) >= 11 is 0. The van der Waals surface area contributed by atoms with E-state index in [2.05, 4.69) is 235 Å². The quantitative estimate of drug-likeness (QED) is 0.157. The minimum absolute atomic E-state index is 0.899. The maximum atomic E-state index is 6.57. The molecule has 0 bridgehead atoms. The molecule has 12 rings (SSSR count). The molecule has 0 fully saturated rings. The number of aromatic nitrogens is 1. The van der Waals surface area contributed by atoms with Gasteiger partial charge >= 0.3 is 0 Å². The number of furan rings is 1. The molecule has 10 aromatic carbocycles. The third-order valence-corrected chi connectivity index (χ3v) is 12.4. The molecular formula is C60H39NO. The molecule has 0 unspecified atom stereocenters. The van der Waals surface area contributed by atoms with E-state index in [1.165, 1.54) is 55.2 Å². The van der Waals surface area contributed by atoms with Crippen LogP contribution in [0.2, 0.25) is 0 Å². The Morgan fingerprint density at radius 1 is 0.290 bits per heavy atom. The van der Waals surface area contributed by atoms with E-state index in [9.17, 15) is 0 Å². The van der Waals surface area contributed by atoms with E-state index in [-0.39, 0.29) is 0 Å². The highest BCUT2D eigenvalue weighted by molar-refractivity contribution is 6.28. The van der Waals surface area contributed by atoms with Crippen molar-refractivity contribution in [2.45, 2.75) is 0 Å². The largest absolute Gasteiger partial charge is 0.455 e. The number of hydrogen-bond acceptors (Lipinski definition) is 1. The molecule has 12 aromatic rings. The van der Waals surface area contributed by atoms with Crippen molar-refractivity contribution in [3.63, 3.8) is 0 Å². The Morgan fingerprint density at radius 3 is 1.35 bits per heavy atom. The number of fused-ring (bicyclic) bond motifs is 6. The SMILES string of the molecule is c1ccc(-c2c(-c3ccccc3)c(-c3ccccc3)c3c(c2-c2ccccc2)c2cccc(-c4cccc(-c5cccc6c5oc5ccccc56)c4)c2n3-c2ccccc2)cc1. The molecule has 0 radical (unpaired) electrons. The molecule has 2 heterocycles. The molecule has 0 spiro atoms. The maximum Gasteiger partial charge on any atom is 0.143 e. The zero-order chi connectivity index (χ0) is 41.0. The van der Waals surface area contributed by atoms with E-state index in [1.54, 1.807) is 0 Å². The van der Waals surface area contributed by atoms with E-state index < -0.39 is 0 Å². The fraction of sp³-hybridized carbons (Fsp3) is 0. The standard InChI is InChI=1S/C60H39NO/c1-6-21-40(22-7-1)53-54(41-23-8-2-9-24-41)56(43-27-12-4-13-28-43)59-57(55(53)42-25-10-3-11-26-42)51-37-19-34-47(58(51)61(59)46-31-14-5-15-32-46)44-29-18-30-45(39-44)48-35-20-36-50-49-33-16-17-38-52(49)62-60(48)50/h1-39H. The number of rotatable bonds is 7. The van der Waals surface area contributed by atoms with Crippen molar-refractivity contribution in [1.29, 1.82) is 0 Å². The molecule has 2 nitrogen and oxygen atoms in total. The molecule has 0 N–H and O–H groups in total. The summed E-state index contributed by atoms with van der Waals surface area (Å²) in [5, 5.41) is 4.67. The summed E-state index contributed by atoms with van der Waals surface area (Å²) in [6.45, 7) is 0. The molecule has 0 saturated carbocycles. The van der Waals surface area contributed by atoms with Crippen LogP contribution in [0.25, 0.3) is 116 Å². The van der Waals surface area contributed by atoms with Gasteiger partial charge in [-0.25, -0.2) is 0 Å². The average molecular weight is 790 g/mol. The van der Waals surface area contributed by atoms with Crippen LogP contribution in [0.4, 0.5) is 0 Å². The summed E-state index contributed by atoms with van der Waals surface area (Å²) in [5.41, 5.74) is 19.2. The van der Waals surface area contributed by atoms with Crippen LogP contribution in [-0.2, 0) is 0 Å². The summed E-state index contributed by atoms with van der Waals surface area (Å²) in [7, 11) is 0. The minimum atomic E-state index is 0.899. The monoisotopic (exact) mass is 789 g/mol. The van der Waals surface area contributed by atoms with Crippen LogP contribution in [0.15, 0.2) is 241 Å². The molecule has 290 valence electrons. The number of hydrogen-bond donors (Lipinski definition) is 0. The van der Waals surface area contributed by atoms with Crippen molar-refractivity contribution in [3.8, 4) is 72.4 Å². The summed E-state index contributed by atoms with van der Waals surface area (Å²) in [6.07, 6.45) is 0. The first-order valence-electron chi connectivity index (χ1n) is 21.3. The van der Waals surface area contributed by atoms with E-state index in [1.807, 2.05) is 6.07 Å². The summed E-state index contributed by atoms with van der Waals surface area (Å²) < 4.78 is 9.12. The van der Waals surface area contributed by atoms with Gasteiger partial charge in [-0.05, 0) is 63.2 Å². The lowest BCUT2D eigenvalue weighted by atomic mass is 9.80. The fourth-order valence-electron chi connectivity index (χ4n) is 9.78. The van der Waals surface area contributed by atoms with Gasteiger partial charge in [0.05, 0.1) is 11.0 Å². The van der Waals surface area contributed by atoms with Crippen molar-refractivity contribution in [1.82, 2.24) is 4.57 Å². The van der Waals surface area contributed by atoms with Crippen LogP contribution >= 0.6 is 0 Å². The molecule has 0 aliphatic rings. The second-order valence-corrected chi connectivity index (χ2v) is 15.9. The Balaban J connectivity index is 1.27. The van der Waals surface area contributed by atoms with Crippen LogP contribution in [0, 0.1) is 0 Å². The van der Waals surface area contributed by atoms with Crippen molar-refractivity contribution in [2.24, 2.45) is 0 Å². The Hall–Kier alpha value is -8.20. The smallest absolute Gasteiger partial charge is 0.143 e. The molecule has 62 heavy (non-hydrogen) atoms. The van der Waals surface area contributed by atoms with Gasteiger partial charge in [-0.3, -0.25) is 0 Å². The van der Waals surface area contributed by atoms with Gasteiger partial charge in [-0.2, -0.15) is 0 Å². The molecule has 0 atom stereocenters. The van der Waals surface area contributed by atoms with E-state index >= 15 is 0 Å². The van der Waals surface area contributed by atoms with Crippen molar-refractivity contribution in [3.05, 3.63) is 237 Å². The highest BCUT2D eigenvalue weighted by Crippen LogP contribution is 2.55. The topological polar surface area (TPSA) is 18.1 Å².